The van der Waals surface area contributed by atoms with Crippen LogP contribution in [-0.4, -0.2) is 23.4 Å². The minimum Gasteiger partial charge on any atom is -0.357 e. The molecule has 1 aliphatic carbocycles. The number of anilines is 1. The zero-order chi connectivity index (χ0) is 21.4. The molecule has 3 aromatic rings. The van der Waals surface area contributed by atoms with Crippen molar-refractivity contribution in [2.24, 2.45) is 7.05 Å². The molecule has 4 heterocycles. The first-order chi connectivity index (χ1) is 15.1. The van der Waals surface area contributed by atoms with Crippen LogP contribution in [0.3, 0.4) is 0 Å². The summed E-state index contributed by atoms with van der Waals surface area (Å²) in [7, 11) is 2.02. The summed E-state index contributed by atoms with van der Waals surface area (Å²) >= 11 is 3.37. The first-order valence-electron chi connectivity index (χ1n) is 10.7. The molecule has 5 rings (SSSR count). The maximum atomic E-state index is 12.8. The van der Waals surface area contributed by atoms with Gasteiger partial charge < -0.3 is 15.2 Å². The Morgan fingerprint density at radius 3 is 2.87 bits per heavy atom. The monoisotopic (exact) mass is 454 g/mol. The molecule has 0 unspecified atom stereocenters. The van der Waals surface area contributed by atoms with Crippen LogP contribution < -0.4 is 16.0 Å². The maximum Gasteiger partial charge on any atom is 0.320 e. The quantitative estimate of drug-likeness (QED) is 0.498. The number of nitrogens with zero attached hydrogens (tertiary/aromatic N) is 1. The van der Waals surface area contributed by atoms with E-state index in [1.165, 1.54) is 31.3 Å². The Labute approximate surface area is 189 Å². The molecule has 1 aliphatic heterocycles. The van der Waals surface area contributed by atoms with Crippen molar-refractivity contribution in [3.05, 3.63) is 50.5 Å². The summed E-state index contributed by atoms with van der Waals surface area (Å²) in [6.07, 6.45) is 10.2. The lowest BCUT2D eigenvalue weighted by Gasteiger charge is -2.15. The van der Waals surface area contributed by atoms with Crippen molar-refractivity contribution in [2.45, 2.75) is 45.2 Å². The van der Waals surface area contributed by atoms with Crippen LogP contribution >= 0.6 is 22.7 Å². The standard InChI is InChI=1S/C23H26N4O2S2/c1-27-9-7-14(12-27)21-17(16-6-8-24-11-20(16)30-21)10-25-23(29)26-22-18(13-28)15-4-2-3-5-19(15)31-22/h7,9,12-13,24H,2-6,8,10-11H2,1H3,(H2,25,26,29). The molecule has 2 amide bonds. The summed E-state index contributed by atoms with van der Waals surface area (Å²) in [5, 5.41) is 10.1. The van der Waals surface area contributed by atoms with Crippen molar-refractivity contribution in [3.8, 4) is 10.4 Å². The fourth-order valence-electron chi connectivity index (χ4n) is 4.58. The third kappa shape index (κ3) is 3.95. The molecule has 0 saturated heterocycles. The fraction of sp³-hybridized carbons (Fsp3) is 0.391. The van der Waals surface area contributed by atoms with E-state index in [1.807, 2.05) is 18.4 Å². The predicted molar refractivity (Wildman–Crippen MR) is 126 cm³/mol. The third-order valence-corrected chi connectivity index (χ3v) is 8.66. The van der Waals surface area contributed by atoms with E-state index in [0.29, 0.717) is 17.1 Å². The normalized spacial score (nSPS) is 15.3. The second-order valence-electron chi connectivity index (χ2n) is 8.18. The number of carbonyl (C=O) groups is 2. The average molecular weight is 455 g/mol. The van der Waals surface area contributed by atoms with E-state index in [9.17, 15) is 9.59 Å². The SMILES string of the molecule is Cn1ccc(-c2sc3c(c2CNC(=O)Nc2sc4c(c2C=O)CCCC4)CCNC3)c1. The molecule has 0 atom stereocenters. The van der Waals surface area contributed by atoms with E-state index in [-0.39, 0.29) is 6.03 Å². The molecule has 3 aromatic heterocycles. The Kier molecular flexibility index (Phi) is 5.69. The van der Waals surface area contributed by atoms with Crippen LogP contribution in [-0.2, 0) is 39.4 Å². The summed E-state index contributed by atoms with van der Waals surface area (Å²) in [5.41, 5.74) is 5.56. The Hall–Kier alpha value is -2.42. The number of aryl methyl sites for hydroxylation is 2. The van der Waals surface area contributed by atoms with Crippen molar-refractivity contribution in [1.82, 2.24) is 15.2 Å². The van der Waals surface area contributed by atoms with Gasteiger partial charge in [0.1, 0.15) is 5.00 Å². The predicted octanol–water partition coefficient (Wildman–Crippen LogP) is 4.47. The van der Waals surface area contributed by atoms with Crippen molar-refractivity contribution in [2.75, 3.05) is 11.9 Å². The van der Waals surface area contributed by atoms with Gasteiger partial charge in [-0.2, -0.15) is 0 Å². The Balaban J connectivity index is 1.35. The number of nitrogens with one attached hydrogen (secondary N) is 3. The smallest absolute Gasteiger partial charge is 0.320 e. The number of carbonyl (C=O) groups excluding carboxylic acids is 2. The largest absolute Gasteiger partial charge is 0.357 e. The second-order valence-corrected chi connectivity index (χ2v) is 10.4. The van der Waals surface area contributed by atoms with Gasteiger partial charge in [0.05, 0.1) is 5.56 Å². The van der Waals surface area contributed by atoms with Gasteiger partial charge in [0.15, 0.2) is 6.29 Å². The lowest BCUT2D eigenvalue weighted by atomic mass is 9.96. The summed E-state index contributed by atoms with van der Waals surface area (Å²) in [5.74, 6) is 0. The third-order valence-electron chi connectivity index (χ3n) is 6.11. The van der Waals surface area contributed by atoms with E-state index in [1.54, 1.807) is 11.3 Å². The van der Waals surface area contributed by atoms with Gasteiger partial charge in [-0.15, -0.1) is 22.7 Å². The number of rotatable bonds is 5. The minimum absolute atomic E-state index is 0.255. The molecular weight excluding hydrogens is 428 g/mol. The molecule has 8 heteroatoms. The van der Waals surface area contributed by atoms with Gasteiger partial charge >= 0.3 is 6.03 Å². The van der Waals surface area contributed by atoms with Gasteiger partial charge in [0.2, 0.25) is 0 Å². The summed E-state index contributed by atoms with van der Waals surface area (Å²) in [6, 6.07) is 1.87. The van der Waals surface area contributed by atoms with Crippen molar-refractivity contribution in [1.29, 1.82) is 0 Å². The van der Waals surface area contributed by atoms with Gasteiger partial charge in [-0.05, 0) is 61.4 Å². The first kappa shape index (κ1) is 20.5. The number of amides is 2. The highest BCUT2D eigenvalue weighted by molar-refractivity contribution is 7.17. The molecule has 0 bridgehead atoms. The average Bonchev–Trinajstić information content (AvgIpc) is 3.46. The number of aromatic nitrogens is 1. The van der Waals surface area contributed by atoms with Crippen LogP contribution in [0.15, 0.2) is 18.5 Å². The highest BCUT2D eigenvalue weighted by Gasteiger charge is 2.24. The Morgan fingerprint density at radius 2 is 2.06 bits per heavy atom. The van der Waals surface area contributed by atoms with E-state index in [4.69, 9.17) is 0 Å². The lowest BCUT2D eigenvalue weighted by molar-refractivity contribution is 0.112. The number of hydrogen-bond acceptors (Lipinski definition) is 5. The van der Waals surface area contributed by atoms with Crippen LogP contribution in [0.2, 0.25) is 0 Å². The highest BCUT2D eigenvalue weighted by Crippen LogP contribution is 2.39. The molecule has 0 spiro atoms. The van der Waals surface area contributed by atoms with Crippen molar-refractivity contribution < 1.29 is 9.59 Å². The minimum atomic E-state index is -0.255. The number of thiophene rings is 2. The number of fused-ring (bicyclic) bond motifs is 2. The molecule has 0 fully saturated rings. The van der Waals surface area contributed by atoms with Gasteiger partial charge in [-0.1, -0.05) is 0 Å². The zero-order valence-electron chi connectivity index (χ0n) is 17.5. The van der Waals surface area contributed by atoms with Gasteiger partial charge in [-0.3, -0.25) is 10.1 Å². The summed E-state index contributed by atoms with van der Waals surface area (Å²) in [6.45, 7) is 2.32. The van der Waals surface area contributed by atoms with Crippen molar-refractivity contribution in [3.63, 3.8) is 0 Å². The van der Waals surface area contributed by atoms with Crippen LogP contribution in [0.25, 0.3) is 10.4 Å². The lowest BCUT2D eigenvalue weighted by Crippen LogP contribution is -2.29. The van der Waals surface area contributed by atoms with Crippen LogP contribution in [0.4, 0.5) is 9.80 Å². The molecular formula is C23H26N4O2S2. The molecule has 3 N–H and O–H groups in total. The molecule has 0 aromatic carbocycles. The van der Waals surface area contributed by atoms with E-state index < -0.39 is 0 Å². The van der Waals surface area contributed by atoms with Gasteiger partial charge in [-0.25, -0.2) is 4.79 Å². The van der Waals surface area contributed by atoms with E-state index in [0.717, 1.165) is 57.0 Å². The molecule has 31 heavy (non-hydrogen) atoms. The maximum absolute atomic E-state index is 12.8. The van der Waals surface area contributed by atoms with Crippen LogP contribution in [0.5, 0.6) is 0 Å². The second kappa shape index (κ2) is 8.61. The Bertz CT molecular complexity index is 1140. The number of aldehydes is 1. The zero-order valence-corrected chi connectivity index (χ0v) is 19.2. The Morgan fingerprint density at radius 1 is 1.19 bits per heavy atom. The van der Waals surface area contributed by atoms with E-state index >= 15 is 0 Å². The van der Waals surface area contributed by atoms with Gasteiger partial charge in [0, 0.05) is 52.7 Å². The highest BCUT2D eigenvalue weighted by atomic mass is 32.1. The fourth-order valence-corrected chi connectivity index (χ4v) is 7.16. The molecule has 2 aliphatic rings. The van der Waals surface area contributed by atoms with Crippen LogP contribution in [0, 0.1) is 0 Å². The summed E-state index contributed by atoms with van der Waals surface area (Å²) < 4.78 is 2.05. The van der Waals surface area contributed by atoms with E-state index in [2.05, 4.69) is 39.0 Å². The van der Waals surface area contributed by atoms with Gasteiger partial charge in [0.25, 0.3) is 0 Å². The number of hydrogen-bond donors (Lipinski definition) is 3. The summed E-state index contributed by atoms with van der Waals surface area (Å²) in [4.78, 5) is 28.3. The topological polar surface area (TPSA) is 75.2 Å². The molecule has 6 nitrogen and oxygen atoms in total. The number of urea groups is 1. The van der Waals surface area contributed by atoms with Crippen molar-refractivity contribution >= 4 is 40.0 Å². The van der Waals surface area contributed by atoms with Crippen LogP contribution in [0.1, 0.15) is 49.6 Å². The molecule has 162 valence electrons. The molecule has 0 saturated carbocycles. The first-order valence-corrected chi connectivity index (χ1v) is 12.4. The molecule has 0 radical (unpaired) electrons.